The van der Waals surface area contributed by atoms with Crippen molar-refractivity contribution in [1.29, 1.82) is 0 Å². The van der Waals surface area contributed by atoms with Crippen LogP contribution in [0.15, 0.2) is 72.8 Å². The van der Waals surface area contributed by atoms with Gasteiger partial charge < -0.3 is 10.2 Å². The van der Waals surface area contributed by atoms with Gasteiger partial charge in [0.25, 0.3) is 0 Å². The highest BCUT2D eigenvalue weighted by atomic mass is 35.5. The molecule has 11 heteroatoms. The number of benzene rings is 3. The number of nitrogens with one attached hydrogen (secondary N) is 1. The Morgan fingerprint density at radius 1 is 0.952 bits per heavy atom. The molecule has 0 aliphatic carbocycles. The van der Waals surface area contributed by atoms with E-state index in [1.54, 1.807) is 24.3 Å². The molecule has 0 unspecified atom stereocenters. The summed E-state index contributed by atoms with van der Waals surface area (Å²) in [7, 11) is -3.87. The summed E-state index contributed by atoms with van der Waals surface area (Å²) in [5.74, 6) is -2.78. The van der Waals surface area contributed by atoms with Crippen LogP contribution in [0.1, 0.15) is 37.8 Å². The third-order valence-corrected chi connectivity index (χ3v) is 8.16. The summed E-state index contributed by atoms with van der Waals surface area (Å²) in [6.45, 7) is 4.28. The minimum Gasteiger partial charge on any atom is -0.354 e. The SMILES string of the molecule is CC(C)CNC(=O)[C@@H](Cc1ccccc1)N(Cc1ccccc1Cl)C(=O)CCCN(c1ccc(F)c(F)c1)S(C)(=O)=O. The van der Waals surface area contributed by atoms with Crippen LogP contribution in [0.25, 0.3) is 0 Å². The summed E-state index contributed by atoms with van der Waals surface area (Å²) in [6.07, 6.45) is 1.17. The largest absolute Gasteiger partial charge is 0.354 e. The van der Waals surface area contributed by atoms with Crippen LogP contribution in [0, 0.1) is 17.6 Å². The van der Waals surface area contributed by atoms with E-state index in [2.05, 4.69) is 5.32 Å². The summed E-state index contributed by atoms with van der Waals surface area (Å²) >= 11 is 6.44. The molecular formula is C31H36ClF2N3O4S. The van der Waals surface area contributed by atoms with E-state index in [-0.39, 0.29) is 55.8 Å². The van der Waals surface area contributed by atoms with Crippen LogP contribution in [0.3, 0.4) is 0 Å². The second kappa shape index (κ2) is 15.1. The molecule has 3 aromatic carbocycles. The molecule has 0 saturated heterocycles. The van der Waals surface area contributed by atoms with Crippen LogP contribution in [0.2, 0.25) is 5.02 Å². The number of carbonyl (C=O) groups excluding carboxylic acids is 2. The number of anilines is 1. The fraction of sp³-hybridized carbons (Fsp3) is 0.355. The molecule has 0 aliphatic heterocycles. The number of halogens is 3. The average Bonchev–Trinajstić information content (AvgIpc) is 2.94. The van der Waals surface area contributed by atoms with Gasteiger partial charge >= 0.3 is 0 Å². The minimum atomic E-state index is -3.87. The third-order valence-electron chi connectivity index (χ3n) is 6.60. The number of nitrogens with zero attached hydrogens (tertiary/aromatic N) is 2. The molecule has 1 N–H and O–H groups in total. The third kappa shape index (κ3) is 9.52. The van der Waals surface area contributed by atoms with Crippen LogP contribution in [-0.2, 0) is 32.6 Å². The van der Waals surface area contributed by atoms with Crippen LogP contribution in [-0.4, -0.2) is 50.5 Å². The second-order valence-corrected chi connectivity index (χ2v) is 12.8. The highest BCUT2D eigenvalue weighted by molar-refractivity contribution is 7.92. The lowest BCUT2D eigenvalue weighted by Crippen LogP contribution is -2.51. The van der Waals surface area contributed by atoms with Crippen LogP contribution >= 0.6 is 11.6 Å². The standard InChI is InChI=1S/C31H36ClF2N3O4S/c1-22(2)20-35-31(39)29(18-23-10-5-4-6-11-23)36(21-24-12-7-8-13-26(24)32)30(38)14-9-17-37(42(3,40)41)25-15-16-27(33)28(34)19-25/h4-8,10-13,15-16,19,22,29H,9,14,17-18,20-21H2,1-3H3,(H,35,39)/t29-/m1/s1. The summed E-state index contributed by atoms with van der Waals surface area (Å²) < 4.78 is 53.3. The maximum atomic E-state index is 13.9. The number of sulfonamides is 1. The number of hydrogen-bond donors (Lipinski definition) is 1. The van der Waals surface area contributed by atoms with Crippen molar-refractivity contribution < 1.29 is 26.8 Å². The van der Waals surface area contributed by atoms with E-state index in [4.69, 9.17) is 11.6 Å². The van der Waals surface area contributed by atoms with Crippen molar-refractivity contribution in [3.63, 3.8) is 0 Å². The summed E-state index contributed by atoms with van der Waals surface area (Å²) in [6, 6.07) is 18.3. The van der Waals surface area contributed by atoms with Gasteiger partial charge in [0.05, 0.1) is 11.9 Å². The molecule has 0 aliphatic rings. The zero-order chi connectivity index (χ0) is 30.9. The first-order valence-corrected chi connectivity index (χ1v) is 15.9. The quantitative estimate of drug-likeness (QED) is 0.255. The highest BCUT2D eigenvalue weighted by Crippen LogP contribution is 2.24. The van der Waals surface area contributed by atoms with E-state index in [1.165, 1.54) is 11.0 Å². The number of hydrogen-bond acceptors (Lipinski definition) is 4. The Morgan fingerprint density at radius 2 is 1.62 bits per heavy atom. The lowest BCUT2D eigenvalue weighted by molar-refractivity contribution is -0.141. The monoisotopic (exact) mass is 619 g/mol. The molecule has 1 atom stereocenters. The molecule has 0 aromatic heterocycles. The minimum absolute atomic E-state index is 0.0493. The van der Waals surface area contributed by atoms with Crippen molar-refractivity contribution in [2.75, 3.05) is 23.7 Å². The van der Waals surface area contributed by atoms with Gasteiger partial charge in [0.1, 0.15) is 6.04 Å². The maximum absolute atomic E-state index is 13.9. The van der Waals surface area contributed by atoms with Crippen molar-refractivity contribution in [2.24, 2.45) is 5.92 Å². The normalized spacial score (nSPS) is 12.2. The Labute approximate surface area is 251 Å². The Morgan fingerprint density at radius 3 is 2.24 bits per heavy atom. The van der Waals surface area contributed by atoms with Gasteiger partial charge in [-0.2, -0.15) is 0 Å². The molecular weight excluding hydrogens is 584 g/mol. The molecule has 0 fully saturated rings. The lowest BCUT2D eigenvalue weighted by atomic mass is 10.0. The predicted octanol–water partition coefficient (Wildman–Crippen LogP) is 5.58. The van der Waals surface area contributed by atoms with Gasteiger partial charge in [-0.1, -0.05) is 74.0 Å². The van der Waals surface area contributed by atoms with Crippen molar-refractivity contribution in [2.45, 2.75) is 45.7 Å². The number of rotatable bonds is 14. The van der Waals surface area contributed by atoms with Crippen molar-refractivity contribution >= 4 is 39.1 Å². The molecule has 3 rings (SSSR count). The first kappa shape index (κ1) is 33.0. The number of amides is 2. The van der Waals surface area contributed by atoms with E-state index in [0.29, 0.717) is 17.1 Å². The Hall–Kier alpha value is -3.50. The average molecular weight is 620 g/mol. The van der Waals surface area contributed by atoms with Crippen molar-refractivity contribution in [3.05, 3.63) is 101 Å². The van der Waals surface area contributed by atoms with Crippen molar-refractivity contribution in [1.82, 2.24) is 10.2 Å². The molecule has 3 aromatic rings. The molecule has 0 radical (unpaired) electrons. The molecule has 7 nitrogen and oxygen atoms in total. The van der Waals surface area contributed by atoms with E-state index in [1.807, 2.05) is 44.2 Å². The highest BCUT2D eigenvalue weighted by Gasteiger charge is 2.31. The topological polar surface area (TPSA) is 86.8 Å². The van der Waals surface area contributed by atoms with Gasteiger partial charge in [-0.15, -0.1) is 0 Å². The summed E-state index contributed by atoms with van der Waals surface area (Å²) in [5.41, 5.74) is 1.47. The van der Waals surface area contributed by atoms with Crippen LogP contribution in [0.4, 0.5) is 14.5 Å². The van der Waals surface area contributed by atoms with Gasteiger partial charge in [-0.3, -0.25) is 13.9 Å². The fourth-order valence-electron chi connectivity index (χ4n) is 4.43. The fourth-order valence-corrected chi connectivity index (χ4v) is 5.58. The van der Waals surface area contributed by atoms with Gasteiger partial charge in [-0.25, -0.2) is 17.2 Å². The molecule has 0 heterocycles. The Balaban J connectivity index is 1.89. The first-order chi connectivity index (χ1) is 19.9. The van der Waals surface area contributed by atoms with E-state index < -0.39 is 27.7 Å². The van der Waals surface area contributed by atoms with Crippen LogP contribution < -0.4 is 9.62 Å². The Kier molecular flexibility index (Phi) is 11.9. The molecule has 2 amide bonds. The van der Waals surface area contributed by atoms with Crippen molar-refractivity contribution in [3.8, 4) is 0 Å². The summed E-state index contributed by atoms with van der Waals surface area (Å²) in [4.78, 5) is 28.8. The molecule has 0 bridgehead atoms. The van der Waals surface area contributed by atoms with Crippen LogP contribution in [0.5, 0.6) is 0 Å². The Bertz CT molecular complexity index is 1470. The molecule has 0 spiro atoms. The summed E-state index contributed by atoms with van der Waals surface area (Å²) in [5, 5.41) is 3.39. The van der Waals surface area contributed by atoms with Gasteiger partial charge in [-0.05, 0) is 41.7 Å². The predicted molar refractivity (Wildman–Crippen MR) is 162 cm³/mol. The van der Waals surface area contributed by atoms with E-state index in [9.17, 15) is 26.8 Å². The van der Waals surface area contributed by atoms with E-state index in [0.717, 1.165) is 28.3 Å². The van der Waals surface area contributed by atoms with Gasteiger partial charge in [0.2, 0.25) is 21.8 Å². The first-order valence-electron chi connectivity index (χ1n) is 13.6. The molecule has 0 saturated carbocycles. The zero-order valence-electron chi connectivity index (χ0n) is 23.9. The van der Waals surface area contributed by atoms with Gasteiger partial charge in [0.15, 0.2) is 11.6 Å². The molecule has 42 heavy (non-hydrogen) atoms. The molecule has 226 valence electrons. The zero-order valence-corrected chi connectivity index (χ0v) is 25.5. The maximum Gasteiger partial charge on any atom is 0.243 e. The second-order valence-electron chi connectivity index (χ2n) is 10.5. The van der Waals surface area contributed by atoms with Gasteiger partial charge in [0, 0.05) is 43.6 Å². The smallest absolute Gasteiger partial charge is 0.243 e. The lowest BCUT2D eigenvalue weighted by Gasteiger charge is -2.32. The number of carbonyl (C=O) groups is 2. The van der Waals surface area contributed by atoms with E-state index >= 15 is 0 Å².